The van der Waals surface area contributed by atoms with Crippen LogP contribution in [0.25, 0.3) is 0 Å². The van der Waals surface area contributed by atoms with E-state index in [4.69, 9.17) is 2.74 Å². The first-order valence-electron chi connectivity index (χ1n) is 7.88. The van der Waals surface area contributed by atoms with Crippen molar-refractivity contribution in [3.05, 3.63) is 0 Å². The highest BCUT2D eigenvalue weighted by Crippen LogP contribution is 2.22. The van der Waals surface area contributed by atoms with Gasteiger partial charge < -0.3 is 10.2 Å². The Labute approximate surface area is 121 Å². The third-order valence-corrected chi connectivity index (χ3v) is 3.54. The highest BCUT2D eigenvalue weighted by Gasteiger charge is 2.38. The molecule has 112 valence electrons. The smallest absolute Gasteiger partial charge is 0.313 e. The maximum absolute atomic E-state index is 12.7. The number of hydrogen-bond donors (Lipinski definition) is 1. The summed E-state index contributed by atoms with van der Waals surface area (Å²) in [5.74, 6) is -0.440. The SMILES string of the molecule is [3H]C1CC(C(C)=O)N(C(=O)N2CC([3H])CN2C(=O)CNC)C1. The zero-order chi connectivity index (χ0) is 16.4. The molecule has 3 atom stereocenters. The number of carbonyl (C=O) groups excluding carboxylic acids is 3. The fraction of sp³-hybridized carbons (Fsp3) is 0.769. The van der Waals surface area contributed by atoms with Crippen molar-refractivity contribution in [2.75, 3.05) is 33.2 Å². The van der Waals surface area contributed by atoms with E-state index in [0.717, 1.165) is 0 Å². The normalized spacial score (nSPS) is 31.3. The maximum Gasteiger partial charge on any atom is 0.339 e. The fourth-order valence-corrected chi connectivity index (χ4v) is 2.53. The van der Waals surface area contributed by atoms with Gasteiger partial charge in [0.05, 0.1) is 12.6 Å². The second kappa shape index (κ2) is 6.21. The minimum Gasteiger partial charge on any atom is -0.313 e. The van der Waals surface area contributed by atoms with Crippen molar-refractivity contribution in [1.29, 1.82) is 0 Å². The van der Waals surface area contributed by atoms with E-state index in [9.17, 15) is 14.4 Å². The summed E-state index contributed by atoms with van der Waals surface area (Å²) in [6.45, 7) is 1.95. The average molecular weight is 286 g/mol. The van der Waals surface area contributed by atoms with Crippen LogP contribution in [0.3, 0.4) is 0 Å². The van der Waals surface area contributed by atoms with Gasteiger partial charge in [-0.2, -0.15) is 0 Å². The van der Waals surface area contributed by atoms with Crippen LogP contribution < -0.4 is 5.32 Å². The quantitative estimate of drug-likeness (QED) is 0.782. The van der Waals surface area contributed by atoms with Gasteiger partial charge in [0, 0.05) is 22.4 Å². The number of Topliss-reactive ketones (excluding diaryl/α,β-unsaturated/α-hetero) is 1. The van der Waals surface area contributed by atoms with Crippen LogP contribution in [-0.4, -0.2) is 71.9 Å². The van der Waals surface area contributed by atoms with Crippen LogP contribution in [0.5, 0.6) is 0 Å². The number of carbonyl (C=O) groups is 3. The van der Waals surface area contributed by atoms with Gasteiger partial charge in [0.2, 0.25) is 0 Å². The molecule has 3 unspecified atom stereocenters. The number of likely N-dealkylation sites (tertiary alicyclic amines) is 1. The van der Waals surface area contributed by atoms with E-state index in [-0.39, 0.29) is 37.9 Å². The van der Waals surface area contributed by atoms with Crippen molar-refractivity contribution in [2.24, 2.45) is 0 Å². The summed E-state index contributed by atoms with van der Waals surface area (Å²) in [7, 11) is 1.63. The van der Waals surface area contributed by atoms with E-state index in [2.05, 4.69) is 5.32 Å². The van der Waals surface area contributed by atoms with Crippen LogP contribution in [0.2, 0.25) is 0 Å². The van der Waals surface area contributed by atoms with Crippen LogP contribution >= 0.6 is 0 Å². The van der Waals surface area contributed by atoms with Gasteiger partial charge in [-0.05, 0) is 33.2 Å². The Balaban J connectivity index is 2.15. The number of ketones is 1. The number of hydrogen-bond acceptors (Lipinski definition) is 4. The molecule has 7 nitrogen and oxygen atoms in total. The van der Waals surface area contributed by atoms with Gasteiger partial charge in [0.1, 0.15) is 0 Å². The standard InChI is InChI=1S/C13H22N4O3/c1-10(18)11-5-3-6-15(11)13(20)17-8-4-7-16(17)12(19)9-14-2/h11,14H,3-9H2,1-2H3/i3T,4T. The van der Waals surface area contributed by atoms with E-state index in [0.29, 0.717) is 6.42 Å². The Morgan fingerprint density at radius 2 is 1.90 bits per heavy atom. The van der Waals surface area contributed by atoms with Crippen molar-refractivity contribution in [3.8, 4) is 0 Å². The molecule has 3 amide bonds. The second-order valence-corrected chi connectivity index (χ2v) is 4.96. The topological polar surface area (TPSA) is 73.0 Å². The largest absolute Gasteiger partial charge is 0.339 e. The third-order valence-electron chi connectivity index (χ3n) is 3.54. The molecule has 0 aromatic rings. The molecule has 2 rings (SSSR count). The lowest BCUT2D eigenvalue weighted by molar-refractivity contribution is -0.139. The molecule has 0 aromatic heterocycles. The summed E-state index contributed by atoms with van der Waals surface area (Å²) in [6, 6.07) is -1.07. The van der Waals surface area contributed by atoms with Gasteiger partial charge >= 0.3 is 6.03 Å². The van der Waals surface area contributed by atoms with Gasteiger partial charge in [-0.3, -0.25) is 9.59 Å². The fourth-order valence-electron chi connectivity index (χ4n) is 2.53. The zero-order valence-corrected chi connectivity index (χ0v) is 11.8. The lowest BCUT2D eigenvalue weighted by Gasteiger charge is -2.33. The summed E-state index contributed by atoms with van der Waals surface area (Å²) in [5.41, 5.74) is 0. The first-order valence-corrected chi connectivity index (χ1v) is 6.73. The predicted molar refractivity (Wildman–Crippen MR) is 72.8 cm³/mol. The minimum atomic E-state index is -0.610. The number of nitrogens with one attached hydrogen (secondary N) is 1. The Hall–Kier alpha value is -1.63. The van der Waals surface area contributed by atoms with E-state index < -0.39 is 24.9 Å². The minimum absolute atomic E-state index is 0.0771. The molecular weight excluding hydrogens is 260 g/mol. The first kappa shape index (κ1) is 12.1. The molecule has 2 heterocycles. The molecule has 0 aromatic carbocycles. The van der Waals surface area contributed by atoms with Crippen LogP contribution in [0, 0.1) is 0 Å². The highest BCUT2D eigenvalue weighted by molar-refractivity contribution is 5.89. The Morgan fingerprint density at radius 1 is 1.20 bits per heavy atom. The molecule has 1 N–H and O–H groups in total. The molecule has 0 radical (unpaired) electrons. The molecule has 20 heavy (non-hydrogen) atoms. The van der Waals surface area contributed by atoms with E-state index in [1.165, 1.54) is 21.8 Å². The van der Waals surface area contributed by atoms with E-state index >= 15 is 0 Å². The number of hydrazine groups is 1. The van der Waals surface area contributed by atoms with E-state index in [1.807, 2.05) is 0 Å². The Morgan fingerprint density at radius 3 is 2.55 bits per heavy atom. The van der Waals surface area contributed by atoms with Crippen molar-refractivity contribution in [3.63, 3.8) is 0 Å². The van der Waals surface area contributed by atoms with Crippen molar-refractivity contribution in [1.82, 2.24) is 20.2 Å². The summed E-state index contributed by atoms with van der Waals surface area (Å²) >= 11 is 0. The van der Waals surface area contributed by atoms with Crippen LogP contribution in [0.4, 0.5) is 4.79 Å². The number of amides is 3. The average Bonchev–Trinajstić information content (AvgIpc) is 3.01. The van der Waals surface area contributed by atoms with Gasteiger partial charge in [-0.25, -0.2) is 14.8 Å². The lowest BCUT2D eigenvalue weighted by Crippen LogP contribution is -2.54. The van der Waals surface area contributed by atoms with Crippen molar-refractivity contribution < 1.29 is 17.1 Å². The number of nitrogens with zero attached hydrogens (tertiary/aromatic N) is 3. The lowest BCUT2D eigenvalue weighted by atomic mass is 10.1. The van der Waals surface area contributed by atoms with Gasteiger partial charge in [-0.1, -0.05) is 0 Å². The summed E-state index contributed by atoms with van der Waals surface area (Å²) in [5, 5.41) is 5.24. The van der Waals surface area contributed by atoms with Crippen molar-refractivity contribution in [2.45, 2.75) is 32.2 Å². The monoisotopic (exact) mass is 286 g/mol. The summed E-state index contributed by atoms with van der Waals surface area (Å²) in [6.07, 6.45) is -0.729. The van der Waals surface area contributed by atoms with Gasteiger partial charge in [0.15, 0.2) is 5.78 Å². The molecular formula is C13H22N4O3. The predicted octanol–water partition coefficient (Wildman–Crippen LogP) is -0.171. The molecule has 0 bridgehead atoms. The number of urea groups is 1. The molecule has 2 aliphatic heterocycles. The Kier molecular flexibility index (Phi) is 3.77. The van der Waals surface area contributed by atoms with Crippen LogP contribution in [0.15, 0.2) is 0 Å². The van der Waals surface area contributed by atoms with Gasteiger partial charge in [0.25, 0.3) is 5.91 Å². The maximum atomic E-state index is 12.7. The summed E-state index contributed by atoms with van der Waals surface area (Å²) in [4.78, 5) is 37.8. The zero-order valence-electron chi connectivity index (χ0n) is 13.8. The second-order valence-electron chi connectivity index (χ2n) is 4.96. The van der Waals surface area contributed by atoms with Crippen molar-refractivity contribution >= 4 is 17.7 Å². The molecule has 7 heteroatoms. The highest BCUT2D eigenvalue weighted by atomic mass is 16.2. The third kappa shape index (κ3) is 2.77. The molecule has 0 spiro atoms. The Bertz CT molecular complexity index is 476. The number of rotatable bonds is 3. The number of likely N-dealkylation sites (N-methyl/N-ethyl adjacent to an activating group) is 1. The first-order chi connectivity index (χ1) is 10.3. The van der Waals surface area contributed by atoms with Crippen LogP contribution in [-0.2, 0) is 9.59 Å². The molecule has 2 saturated heterocycles. The molecule has 0 saturated carbocycles. The molecule has 2 fully saturated rings. The van der Waals surface area contributed by atoms with Crippen LogP contribution in [0.1, 0.15) is 28.9 Å². The molecule has 2 aliphatic rings. The van der Waals surface area contributed by atoms with E-state index in [1.54, 1.807) is 7.05 Å². The molecule has 0 aliphatic carbocycles. The summed E-state index contributed by atoms with van der Waals surface area (Å²) < 4.78 is 15.6. The van der Waals surface area contributed by atoms with Gasteiger partial charge in [-0.15, -0.1) is 0 Å².